The van der Waals surface area contributed by atoms with Gasteiger partial charge in [-0.15, -0.1) is 0 Å². The summed E-state index contributed by atoms with van der Waals surface area (Å²) in [6.07, 6.45) is 3.43. The molecule has 0 spiro atoms. The van der Waals surface area contributed by atoms with Gasteiger partial charge in [0.15, 0.2) is 0 Å². The van der Waals surface area contributed by atoms with Crippen molar-refractivity contribution in [3.05, 3.63) is 89.2 Å². The molecule has 26 heavy (non-hydrogen) atoms. The molecule has 4 nitrogen and oxygen atoms in total. The fraction of sp³-hybridized carbons (Fsp3) is 0. The van der Waals surface area contributed by atoms with Gasteiger partial charge in [0.2, 0.25) is 0 Å². The lowest BCUT2D eigenvalue weighted by Crippen LogP contribution is -2.13. The molecular formula is C21H14BrN3O. The van der Waals surface area contributed by atoms with E-state index in [0.29, 0.717) is 5.56 Å². The minimum atomic E-state index is -0.175. The van der Waals surface area contributed by atoms with E-state index in [-0.39, 0.29) is 5.91 Å². The van der Waals surface area contributed by atoms with Crippen molar-refractivity contribution in [1.29, 1.82) is 0 Å². The maximum Gasteiger partial charge on any atom is 0.256 e. The van der Waals surface area contributed by atoms with Gasteiger partial charge in [-0.1, -0.05) is 30.3 Å². The molecule has 2 aromatic heterocycles. The predicted molar refractivity (Wildman–Crippen MR) is 107 cm³/mol. The van der Waals surface area contributed by atoms with Crippen molar-refractivity contribution >= 4 is 38.4 Å². The summed E-state index contributed by atoms with van der Waals surface area (Å²) in [5, 5.41) is 3.79. The van der Waals surface area contributed by atoms with E-state index in [4.69, 9.17) is 4.98 Å². The van der Waals surface area contributed by atoms with Crippen LogP contribution in [0.25, 0.3) is 22.2 Å². The molecule has 0 saturated heterocycles. The lowest BCUT2D eigenvalue weighted by atomic mass is 10.0. The summed E-state index contributed by atoms with van der Waals surface area (Å²) in [6.45, 7) is 0. The number of aromatic nitrogens is 2. The van der Waals surface area contributed by atoms with Gasteiger partial charge in [0.25, 0.3) is 5.91 Å². The van der Waals surface area contributed by atoms with Crippen molar-refractivity contribution in [2.75, 3.05) is 5.32 Å². The van der Waals surface area contributed by atoms with Crippen molar-refractivity contribution in [3.8, 4) is 11.3 Å². The molecule has 0 aliphatic heterocycles. The second kappa shape index (κ2) is 7.06. The molecule has 0 aliphatic carbocycles. The molecule has 0 bridgehead atoms. The van der Waals surface area contributed by atoms with E-state index >= 15 is 0 Å². The average molecular weight is 404 g/mol. The van der Waals surface area contributed by atoms with Gasteiger partial charge in [-0.05, 0) is 52.3 Å². The van der Waals surface area contributed by atoms with Crippen LogP contribution in [-0.2, 0) is 0 Å². The van der Waals surface area contributed by atoms with Crippen LogP contribution in [0.15, 0.2) is 83.6 Å². The minimum Gasteiger partial charge on any atom is -0.321 e. The van der Waals surface area contributed by atoms with Gasteiger partial charge in [-0.3, -0.25) is 9.78 Å². The average Bonchev–Trinajstić information content (AvgIpc) is 2.69. The maximum absolute atomic E-state index is 13.0. The number of anilines is 1. The molecule has 0 atom stereocenters. The highest BCUT2D eigenvalue weighted by Crippen LogP contribution is 2.27. The lowest BCUT2D eigenvalue weighted by molar-refractivity contribution is 0.102. The summed E-state index contributed by atoms with van der Waals surface area (Å²) in [6, 6.07) is 20.8. The molecular weight excluding hydrogens is 390 g/mol. The number of nitrogens with one attached hydrogen (secondary N) is 1. The Morgan fingerprint density at radius 1 is 0.923 bits per heavy atom. The summed E-state index contributed by atoms with van der Waals surface area (Å²) in [4.78, 5) is 21.7. The molecule has 0 unspecified atom stereocenters. The topological polar surface area (TPSA) is 54.9 Å². The van der Waals surface area contributed by atoms with E-state index in [1.165, 1.54) is 0 Å². The Labute approximate surface area is 159 Å². The van der Waals surface area contributed by atoms with Crippen LogP contribution >= 0.6 is 15.9 Å². The van der Waals surface area contributed by atoms with Crippen molar-refractivity contribution in [2.24, 2.45) is 0 Å². The number of halogens is 1. The number of hydrogen-bond donors (Lipinski definition) is 1. The van der Waals surface area contributed by atoms with Gasteiger partial charge >= 0.3 is 0 Å². The van der Waals surface area contributed by atoms with E-state index in [0.717, 1.165) is 32.3 Å². The van der Waals surface area contributed by atoms with Crippen LogP contribution in [0, 0.1) is 0 Å². The third-order valence-electron chi connectivity index (χ3n) is 4.06. The summed E-state index contributed by atoms with van der Waals surface area (Å²) in [5.41, 5.74) is 3.74. The Morgan fingerprint density at radius 2 is 1.65 bits per heavy atom. The molecule has 0 saturated carbocycles. The molecule has 0 fully saturated rings. The first kappa shape index (κ1) is 16.4. The number of benzene rings is 2. The maximum atomic E-state index is 13.0. The molecule has 126 valence electrons. The zero-order valence-electron chi connectivity index (χ0n) is 13.7. The Kier molecular flexibility index (Phi) is 4.46. The summed E-state index contributed by atoms with van der Waals surface area (Å²) in [5.74, 6) is -0.175. The number of fused-ring (bicyclic) bond motifs is 1. The number of carbonyl (C=O) groups excluding carboxylic acids is 1. The number of carbonyl (C=O) groups is 1. The predicted octanol–water partition coefficient (Wildman–Crippen LogP) is 5.31. The Bertz CT molecular complexity index is 1100. The fourth-order valence-corrected chi connectivity index (χ4v) is 3.17. The third-order valence-corrected chi connectivity index (χ3v) is 4.75. The van der Waals surface area contributed by atoms with Gasteiger partial charge in [0.1, 0.15) is 0 Å². The van der Waals surface area contributed by atoms with Gasteiger partial charge in [0.05, 0.1) is 22.5 Å². The van der Waals surface area contributed by atoms with Crippen LogP contribution in [0.3, 0.4) is 0 Å². The summed E-state index contributed by atoms with van der Waals surface area (Å²) >= 11 is 3.46. The lowest BCUT2D eigenvalue weighted by Gasteiger charge is -2.11. The zero-order valence-corrected chi connectivity index (χ0v) is 15.3. The Hall–Kier alpha value is -3.05. The van der Waals surface area contributed by atoms with Gasteiger partial charge < -0.3 is 5.32 Å². The zero-order chi connectivity index (χ0) is 17.9. The largest absolute Gasteiger partial charge is 0.321 e. The Balaban J connectivity index is 1.83. The first-order valence-corrected chi connectivity index (χ1v) is 8.88. The molecule has 1 amide bonds. The molecule has 2 heterocycles. The molecule has 0 radical (unpaired) electrons. The molecule has 0 aliphatic rings. The fourth-order valence-electron chi connectivity index (χ4n) is 2.79. The van der Waals surface area contributed by atoms with E-state index in [1.807, 2.05) is 66.7 Å². The van der Waals surface area contributed by atoms with Crippen molar-refractivity contribution in [3.63, 3.8) is 0 Å². The van der Waals surface area contributed by atoms with Crippen molar-refractivity contribution in [2.45, 2.75) is 0 Å². The van der Waals surface area contributed by atoms with Crippen LogP contribution in [0.2, 0.25) is 0 Å². The molecule has 4 rings (SSSR count). The highest BCUT2D eigenvalue weighted by Gasteiger charge is 2.15. The van der Waals surface area contributed by atoms with E-state index in [9.17, 15) is 4.79 Å². The number of para-hydroxylation sites is 2. The first-order chi connectivity index (χ1) is 12.7. The van der Waals surface area contributed by atoms with Crippen molar-refractivity contribution < 1.29 is 4.79 Å². The number of nitrogens with zero attached hydrogens (tertiary/aromatic N) is 2. The van der Waals surface area contributed by atoms with E-state index in [1.54, 1.807) is 12.4 Å². The standard InChI is InChI=1S/C21H14BrN3O/c22-17-6-2-4-8-19(17)25-21(26)16-13-20(14-9-11-23-12-10-14)24-18-7-3-1-5-15(16)18/h1-13H,(H,25,26). The van der Waals surface area contributed by atoms with Crippen LogP contribution in [0.5, 0.6) is 0 Å². The minimum absolute atomic E-state index is 0.175. The Morgan fingerprint density at radius 3 is 2.46 bits per heavy atom. The second-order valence-electron chi connectivity index (χ2n) is 5.74. The van der Waals surface area contributed by atoms with Crippen LogP contribution in [-0.4, -0.2) is 15.9 Å². The van der Waals surface area contributed by atoms with E-state index < -0.39 is 0 Å². The van der Waals surface area contributed by atoms with Gasteiger partial charge in [0, 0.05) is 27.8 Å². The molecule has 4 aromatic rings. The van der Waals surface area contributed by atoms with Crippen molar-refractivity contribution in [1.82, 2.24) is 9.97 Å². The van der Waals surface area contributed by atoms with Gasteiger partial charge in [-0.25, -0.2) is 4.98 Å². The van der Waals surface area contributed by atoms with Crippen LogP contribution in [0.4, 0.5) is 5.69 Å². The summed E-state index contributed by atoms with van der Waals surface area (Å²) in [7, 11) is 0. The SMILES string of the molecule is O=C(Nc1ccccc1Br)c1cc(-c2ccncc2)nc2ccccc12. The van der Waals surface area contributed by atoms with Crippen LogP contribution < -0.4 is 5.32 Å². The number of pyridine rings is 2. The van der Waals surface area contributed by atoms with Gasteiger partial charge in [-0.2, -0.15) is 0 Å². The second-order valence-corrected chi connectivity index (χ2v) is 6.60. The molecule has 1 N–H and O–H groups in total. The monoisotopic (exact) mass is 403 g/mol. The van der Waals surface area contributed by atoms with E-state index in [2.05, 4.69) is 26.2 Å². The number of amides is 1. The number of rotatable bonds is 3. The quantitative estimate of drug-likeness (QED) is 0.504. The number of hydrogen-bond acceptors (Lipinski definition) is 3. The highest BCUT2D eigenvalue weighted by molar-refractivity contribution is 9.10. The van der Waals surface area contributed by atoms with Crippen LogP contribution in [0.1, 0.15) is 10.4 Å². The molecule has 2 aromatic carbocycles. The smallest absolute Gasteiger partial charge is 0.256 e. The first-order valence-electron chi connectivity index (χ1n) is 8.08. The highest BCUT2D eigenvalue weighted by atomic mass is 79.9. The summed E-state index contributed by atoms with van der Waals surface area (Å²) < 4.78 is 0.834. The molecule has 5 heteroatoms. The third kappa shape index (κ3) is 3.21. The normalized spacial score (nSPS) is 10.7.